The highest BCUT2D eigenvalue weighted by atomic mass is 35.5. The molecule has 5 nitrogen and oxygen atoms in total. The molecule has 1 aromatic heterocycles. The molecule has 7 heteroatoms. The van der Waals surface area contributed by atoms with Crippen molar-refractivity contribution in [2.24, 2.45) is 5.92 Å². The van der Waals surface area contributed by atoms with E-state index in [9.17, 15) is 14.7 Å². The van der Waals surface area contributed by atoms with Crippen molar-refractivity contribution in [2.75, 3.05) is 19.7 Å². The third-order valence-electron chi connectivity index (χ3n) is 5.29. The normalized spacial score (nSPS) is 20.4. The van der Waals surface area contributed by atoms with Crippen molar-refractivity contribution in [2.45, 2.75) is 19.4 Å². The number of carbonyl (C=O) groups excluding carboxylic acids is 2. The van der Waals surface area contributed by atoms with Crippen LogP contribution in [0.4, 0.5) is 0 Å². The number of nitrogens with zero attached hydrogens (tertiary/aromatic N) is 2. The van der Waals surface area contributed by atoms with Gasteiger partial charge in [-0.2, -0.15) is 0 Å². The smallest absolute Gasteiger partial charge is 0.278 e. The van der Waals surface area contributed by atoms with Crippen LogP contribution in [0.25, 0.3) is 5.57 Å². The van der Waals surface area contributed by atoms with E-state index in [0.29, 0.717) is 29.4 Å². The lowest BCUT2D eigenvalue weighted by Crippen LogP contribution is -2.40. The average molecular weight is 417 g/mol. The molecule has 146 valence electrons. The molecule has 0 spiro atoms. The van der Waals surface area contributed by atoms with Gasteiger partial charge in [0, 0.05) is 29.6 Å². The number of aliphatic hydroxyl groups excluding tert-OH is 1. The largest absolute Gasteiger partial charge is 0.396 e. The molecule has 2 amide bonds. The van der Waals surface area contributed by atoms with E-state index in [2.05, 4.69) is 0 Å². The summed E-state index contributed by atoms with van der Waals surface area (Å²) in [4.78, 5) is 30.7. The van der Waals surface area contributed by atoms with Crippen molar-refractivity contribution in [3.05, 3.63) is 62.9 Å². The second-order valence-corrected chi connectivity index (χ2v) is 8.48. The second-order valence-electron chi connectivity index (χ2n) is 7.13. The summed E-state index contributed by atoms with van der Waals surface area (Å²) >= 11 is 7.71. The highest BCUT2D eigenvalue weighted by molar-refractivity contribution is 7.11. The Bertz CT molecular complexity index is 925. The summed E-state index contributed by atoms with van der Waals surface area (Å²) in [5.41, 5.74) is 1.66. The van der Waals surface area contributed by atoms with Crippen LogP contribution in [0.1, 0.15) is 23.3 Å². The maximum absolute atomic E-state index is 13.3. The first kappa shape index (κ1) is 19.2. The van der Waals surface area contributed by atoms with Crippen LogP contribution in [-0.4, -0.2) is 46.4 Å². The van der Waals surface area contributed by atoms with E-state index >= 15 is 0 Å². The molecule has 2 aliphatic heterocycles. The SMILES string of the molecule is O=C1C(c2cccs2)=C(N2CCCC(CO)C2)C(=O)N1Cc1ccccc1Cl. The highest BCUT2D eigenvalue weighted by Crippen LogP contribution is 2.36. The van der Waals surface area contributed by atoms with E-state index in [1.165, 1.54) is 16.2 Å². The number of piperidine rings is 1. The summed E-state index contributed by atoms with van der Waals surface area (Å²) in [5.74, 6) is -0.452. The van der Waals surface area contributed by atoms with E-state index in [-0.39, 0.29) is 30.9 Å². The van der Waals surface area contributed by atoms with Gasteiger partial charge in [-0.15, -0.1) is 11.3 Å². The van der Waals surface area contributed by atoms with E-state index in [1.54, 1.807) is 6.07 Å². The molecule has 4 rings (SSSR count). The molecule has 1 saturated heterocycles. The summed E-state index contributed by atoms with van der Waals surface area (Å²) < 4.78 is 0. The first-order valence-corrected chi connectivity index (χ1v) is 10.6. The standard InChI is InChI=1S/C21H21ClN2O3S/c22-16-7-2-1-6-15(16)12-24-20(26)18(17-8-4-10-28-17)19(21(24)27)23-9-3-5-14(11-23)13-25/h1-2,4,6-8,10,14,25H,3,5,9,11-13H2. The number of halogens is 1. The van der Waals surface area contributed by atoms with Crippen LogP contribution in [0.2, 0.25) is 5.02 Å². The Kier molecular flexibility index (Phi) is 5.53. The number of rotatable bonds is 5. The van der Waals surface area contributed by atoms with Gasteiger partial charge in [0.15, 0.2) is 0 Å². The lowest BCUT2D eigenvalue weighted by Gasteiger charge is -2.34. The van der Waals surface area contributed by atoms with Crippen molar-refractivity contribution in [1.29, 1.82) is 0 Å². The Morgan fingerprint density at radius 2 is 1.96 bits per heavy atom. The van der Waals surface area contributed by atoms with Crippen LogP contribution in [0.5, 0.6) is 0 Å². The van der Waals surface area contributed by atoms with Gasteiger partial charge in [-0.3, -0.25) is 14.5 Å². The molecule has 1 N–H and O–H groups in total. The summed E-state index contributed by atoms with van der Waals surface area (Å²) in [6.45, 7) is 1.52. The first-order chi connectivity index (χ1) is 13.6. The molecule has 1 unspecified atom stereocenters. The van der Waals surface area contributed by atoms with Crippen molar-refractivity contribution >= 4 is 40.3 Å². The highest BCUT2D eigenvalue weighted by Gasteiger charge is 2.42. The van der Waals surface area contributed by atoms with Gasteiger partial charge in [0.1, 0.15) is 5.70 Å². The number of hydrogen-bond donors (Lipinski definition) is 1. The first-order valence-electron chi connectivity index (χ1n) is 9.33. The summed E-state index contributed by atoms with van der Waals surface area (Å²) in [6.07, 6.45) is 1.82. The predicted molar refractivity (Wildman–Crippen MR) is 110 cm³/mol. The van der Waals surface area contributed by atoms with E-state index in [0.717, 1.165) is 23.3 Å². The minimum atomic E-state index is -0.285. The predicted octanol–water partition coefficient (Wildman–Crippen LogP) is 3.39. The van der Waals surface area contributed by atoms with Crippen molar-refractivity contribution in [3.63, 3.8) is 0 Å². The fourth-order valence-corrected chi connectivity index (χ4v) is 4.82. The van der Waals surface area contributed by atoms with Gasteiger partial charge in [0.05, 0.1) is 12.1 Å². The Hall–Kier alpha value is -2.15. The molecule has 0 radical (unpaired) electrons. The number of hydrogen-bond acceptors (Lipinski definition) is 5. The Labute approximate surface area is 172 Å². The number of amides is 2. The molecule has 0 aliphatic carbocycles. The van der Waals surface area contributed by atoms with Crippen LogP contribution < -0.4 is 0 Å². The number of benzene rings is 1. The zero-order valence-electron chi connectivity index (χ0n) is 15.3. The van der Waals surface area contributed by atoms with Crippen LogP contribution in [-0.2, 0) is 16.1 Å². The minimum Gasteiger partial charge on any atom is -0.396 e. The molecule has 1 fully saturated rings. The van der Waals surface area contributed by atoms with Crippen LogP contribution in [0, 0.1) is 5.92 Å². The quantitative estimate of drug-likeness (QED) is 0.759. The van der Waals surface area contributed by atoms with E-state index in [4.69, 9.17) is 11.6 Å². The van der Waals surface area contributed by atoms with Gasteiger partial charge >= 0.3 is 0 Å². The fourth-order valence-electron chi connectivity index (χ4n) is 3.86. The molecular weight excluding hydrogens is 396 g/mol. The number of carbonyl (C=O) groups is 2. The molecule has 1 aromatic carbocycles. The van der Waals surface area contributed by atoms with Crippen LogP contribution in [0.15, 0.2) is 47.5 Å². The molecule has 2 aliphatic rings. The molecule has 3 heterocycles. The lowest BCUT2D eigenvalue weighted by molar-refractivity contribution is -0.138. The maximum atomic E-state index is 13.3. The van der Waals surface area contributed by atoms with Gasteiger partial charge in [-0.25, -0.2) is 0 Å². The molecule has 28 heavy (non-hydrogen) atoms. The number of imide groups is 1. The topological polar surface area (TPSA) is 60.9 Å². The Balaban J connectivity index is 1.71. The number of aliphatic hydroxyl groups is 1. The monoisotopic (exact) mass is 416 g/mol. The third-order valence-corrected chi connectivity index (χ3v) is 6.55. The fraction of sp³-hybridized carbons (Fsp3) is 0.333. The summed E-state index contributed by atoms with van der Waals surface area (Å²) in [5, 5.41) is 12.0. The molecule has 2 aromatic rings. The van der Waals surface area contributed by atoms with E-state index in [1.807, 2.05) is 40.6 Å². The van der Waals surface area contributed by atoms with Gasteiger partial charge in [-0.05, 0) is 41.8 Å². The molecular formula is C21H21ClN2O3S. The minimum absolute atomic E-state index is 0.0869. The summed E-state index contributed by atoms with van der Waals surface area (Å²) in [7, 11) is 0. The second kappa shape index (κ2) is 8.07. The van der Waals surface area contributed by atoms with Crippen molar-refractivity contribution in [1.82, 2.24) is 9.80 Å². The van der Waals surface area contributed by atoms with Gasteiger partial charge in [-0.1, -0.05) is 35.9 Å². The Morgan fingerprint density at radius 1 is 1.14 bits per heavy atom. The zero-order valence-corrected chi connectivity index (χ0v) is 16.9. The summed E-state index contributed by atoms with van der Waals surface area (Å²) in [6, 6.07) is 11.0. The van der Waals surface area contributed by atoms with E-state index < -0.39 is 0 Å². The third kappa shape index (κ3) is 3.48. The number of thiophene rings is 1. The van der Waals surface area contributed by atoms with Crippen molar-refractivity contribution in [3.8, 4) is 0 Å². The average Bonchev–Trinajstić information content (AvgIpc) is 3.32. The lowest BCUT2D eigenvalue weighted by atomic mass is 9.98. The van der Waals surface area contributed by atoms with Gasteiger partial charge in [0.2, 0.25) is 0 Å². The zero-order chi connectivity index (χ0) is 19.7. The Morgan fingerprint density at radius 3 is 2.68 bits per heavy atom. The molecule has 1 atom stereocenters. The van der Waals surface area contributed by atoms with Crippen LogP contribution >= 0.6 is 22.9 Å². The number of likely N-dealkylation sites (tertiary alicyclic amines) is 1. The maximum Gasteiger partial charge on any atom is 0.278 e. The van der Waals surface area contributed by atoms with Crippen molar-refractivity contribution < 1.29 is 14.7 Å². The van der Waals surface area contributed by atoms with Gasteiger partial charge < -0.3 is 10.0 Å². The molecule has 0 bridgehead atoms. The van der Waals surface area contributed by atoms with Gasteiger partial charge in [0.25, 0.3) is 11.8 Å². The van der Waals surface area contributed by atoms with Crippen LogP contribution in [0.3, 0.4) is 0 Å². The molecule has 0 saturated carbocycles.